The summed E-state index contributed by atoms with van der Waals surface area (Å²) in [6, 6.07) is 9.58. The summed E-state index contributed by atoms with van der Waals surface area (Å²) in [5, 5.41) is 20.7. The summed E-state index contributed by atoms with van der Waals surface area (Å²) in [4.78, 5) is 10.7. The largest absolute Gasteiger partial charge is 0.396 e. The molecule has 0 radical (unpaired) electrons. The van der Waals surface area contributed by atoms with Gasteiger partial charge < -0.3 is 5.11 Å². The van der Waals surface area contributed by atoms with Crippen molar-refractivity contribution >= 4 is 0 Å². The van der Waals surface area contributed by atoms with Gasteiger partial charge in [-0.2, -0.15) is 0 Å². The third kappa shape index (κ3) is 7.03. The van der Waals surface area contributed by atoms with E-state index in [0.717, 1.165) is 24.8 Å². The van der Waals surface area contributed by atoms with E-state index < -0.39 is 0 Å². The van der Waals surface area contributed by atoms with Crippen molar-refractivity contribution < 1.29 is 10.0 Å². The van der Waals surface area contributed by atoms with Crippen LogP contribution in [0.5, 0.6) is 0 Å². The minimum Gasteiger partial charge on any atom is -0.396 e. The first-order valence-electron chi connectivity index (χ1n) is 8.46. The van der Waals surface area contributed by atoms with Crippen molar-refractivity contribution in [2.45, 2.75) is 57.8 Å². The lowest BCUT2D eigenvalue weighted by Gasteiger charge is -2.23. The van der Waals surface area contributed by atoms with Crippen LogP contribution in [0.25, 0.3) is 0 Å². The van der Waals surface area contributed by atoms with Crippen LogP contribution < -0.4 is 0 Å². The molecule has 0 spiro atoms. The van der Waals surface area contributed by atoms with Gasteiger partial charge in [0.25, 0.3) is 0 Å². The Kier molecular flexibility index (Phi) is 9.47. The Morgan fingerprint density at radius 3 is 2.32 bits per heavy atom. The van der Waals surface area contributed by atoms with Crippen LogP contribution in [-0.4, -0.2) is 23.2 Å². The van der Waals surface area contributed by atoms with Crippen LogP contribution in [-0.2, 0) is 0 Å². The second-order valence-electron chi connectivity index (χ2n) is 6.03. The summed E-state index contributed by atoms with van der Waals surface area (Å²) < 4.78 is 0. The monoisotopic (exact) mass is 307 g/mol. The summed E-state index contributed by atoms with van der Waals surface area (Å²) in [6.45, 7) is 2.11. The average molecular weight is 307 g/mol. The molecule has 0 aliphatic rings. The number of aliphatic hydroxyl groups is 1. The fourth-order valence-electron chi connectivity index (χ4n) is 2.99. The number of hydrogen-bond acceptors (Lipinski definition) is 3. The molecule has 0 saturated carbocycles. The van der Waals surface area contributed by atoms with Crippen molar-refractivity contribution in [3.63, 3.8) is 0 Å². The van der Waals surface area contributed by atoms with Gasteiger partial charge in [-0.1, -0.05) is 75.8 Å². The first-order valence-corrected chi connectivity index (χ1v) is 8.46. The normalized spacial score (nSPS) is 13.7. The zero-order chi connectivity index (χ0) is 16.2. The van der Waals surface area contributed by atoms with Gasteiger partial charge in [0, 0.05) is 11.5 Å². The van der Waals surface area contributed by atoms with Crippen LogP contribution in [0, 0.1) is 16.0 Å². The first-order chi connectivity index (χ1) is 10.7. The van der Waals surface area contributed by atoms with E-state index in [0.29, 0.717) is 0 Å². The number of rotatable bonds is 12. The van der Waals surface area contributed by atoms with Crippen molar-refractivity contribution in [3.8, 4) is 0 Å². The van der Waals surface area contributed by atoms with Gasteiger partial charge in [0.05, 0.1) is 5.92 Å². The van der Waals surface area contributed by atoms with E-state index in [4.69, 9.17) is 0 Å². The number of benzene rings is 1. The van der Waals surface area contributed by atoms with Crippen LogP contribution in [0.1, 0.15) is 63.4 Å². The van der Waals surface area contributed by atoms with E-state index in [9.17, 15) is 15.2 Å². The molecule has 22 heavy (non-hydrogen) atoms. The number of unbranched alkanes of at least 4 members (excludes halogenated alkanes) is 5. The highest BCUT2D eigenvalue weighted by atomic mass is 16.6. The molecule has 0 fully saturated rings. The molecule has 0 unspecified atom stereocenters. The predicted molar refractivity (Wildman–Crippen MR) is 89.6 cm³/mol. The summed E-state index contributed by atoms with van der Waals surface area (Å²) >= 11 is 0. The summed E-state index contributed by atoms with van der Waals surface area (Å²) in [5.74, 6) is -0.226. The van der Waals surface area contributed by atoms with Gasteiger partial charge in [-0.15, -0.1) is 0 Å². The topological polar surface area (TPSA) is 63.4 Å². The third-order valence-electron chi connectivity index (χ3n) is 4.31. The maximum absolute atomic E-state index is 11.0. The lowest BCUT2D eigenvalue weighted by atomic mass is 9.83. The molecule has 1 N–H and O–H groups in total. The minimum atomic E-state index is -0.262. The van der Waals surface area contributed by atoms with Crippen molar-refractivity contribution in [1.82, 2.24) is 0 Å². The maximum atomic E-state index is 11.0. The fraction of sp³-hybridized carbons (Fsp3) is 0.667. The van der Waals surface area contributed by atoms with Gasteiger partial charge in [-0.05, 0) is 17.9 Å². The van der Waals surface area contributed by atoms with Gasteiger partial charge in [0.2, 0.25) is 6.54 Å². The van der Waals surface area contributed by atoms with Gasteiger partial charge in [-0.3, -0.25) is 10.1 Å². The van der Waals surface area contributed by atoms with E-state index in [1.54, 1.807) is 0 Å². The fourth-order valence-corrected chi connectivity index (χ4v) is 2.99. The Morgan fingerprint density at radius 2 is 1.73 bits per heavy atom. The van der Waals surface area contributed by atoms with Gasteiger partial charge >= 0.3 is 0 Å². The predicted octanol–water partition coefficient (Wildman–Crippen LogP) is 4.41. The van der Waals surface area contributed by atoms with Gasteiger partial charge in [-0.25, -0.2) is 0 Å². The molecule has 1 aromatic carbocycles. The van der Waals surface area contributed by atoms with E-state index in [-0.39, 0.29) is 29.9 Å². The number of nitrogens with zero attached hydrogens (tertiary/aromatic N) is 1. The zero-order valence-electron chi connectivity index (χ0n) is 13.6. The SMILES string of the molecule is CCCCCCCC[C@@H](CO)[C@H](C[N+](=O)[O-])c1ccccc1. The zero-order valence-corrected chi connectivity index (χ0v) is 13.6. The van der Waals surface area contributed by atoms with Gasteiger partial charge in [0.15, 0.2) is 0 Å². The second kappa shape index (κ2) is 11.2. The molecule has 0 aromatic heterocycles. The number of nitro groups is 1. The lowest BCUT2D eigenvalue weighted by molar-refractivity contribution is -0.485. The molecule has 0 saturated heterocycles. The smallest absolute Gasteiger partial charge is 0.211 e. The summed E-state index contributed by atoms with van der Waals surface area (Å²) in [7, 11) is 0. The first kappa shape index (κ1) is 18.6. The molecule has 0 bridgehead atoms. The highest BCUT2D eigenvalue weighted by Gasteiger charge is 2.26. The van der Waals surface area contributed by atoms with E-state index in [1.165, 1.54) is 25.7 Å². The highest BCUT2D eigenvalue weighted by molar-refractivity contribution is 5.20. The number of hydrogen-bond donors (Lipinski definition) is 1. The second-order valence-corrected chi connectivity index (χ2v) is 6.03. The molecule has 0 heterocycles. The van der Waals surface area contributed by atoms with Crippen LogP contribution in [0.2, 0.25) is 0 Å². The summed E-state index contributed by atoms with van der Waals surface area (Å²) in [5.41, 5.74) is 0.962. The average Bonchev–Trinajstić information content (AvgIpc) is 2.53. The van der Waals surface area contributed by atoms with E-state index in [1.807, 2.05) is 30.3 Å². The molecular weight excluding hydrogens is 278 g/mol. The Morgan fingerprint density at radius 1 is 1.09 bits per heavy atom. The Hall–Kier alpha value is -1.42. The quantitative estimate of drug-likeness (QED) is 0.353. The molecule has 0 aliphatic heterocycles. The molecule has 1 rings (SSSR count). The molecule has 124 valence electrons. The Labute approximate surface area is 133 Å². The summed E-state index contributed by atoms with van der Waals surface area (Å²) in [6.07, 6.45) is 8.03. The van der Waals surface area contributed by atoms with Crippen LogP contribution in [0.3, 0.4) is 0 Å². The molecule has 0 amide bonds. The molecule has 2 atom stereocenters. The third-order valence-corrected chi connectivity index (χ3v) is 4.31. The lowest BCUT2D eigenvalue weighted by Crippen LogP contribution is -2.24. The van der Waals surface area contributed by atoms with E-state index >= 15 is 0 Å². The highest BCUT2D eigenvalue weighted by Crippen LogP contribution is 2.29. The molecule has 4 heteroatoms. The Bertz CT molecular complexity index is 408. The molecule has 4 nitrogen and oxygen atoms in total. The van der Waals surface area contributed by atoms with Crippen molar-refractivity contribution in [1.29, 1.82) is 0 Å². The van der Waals surface area contributed by atoms with E-state index in [2.05, 4.69) is 6.92 Å². The van der Waals surface area contributed by atoms with Gasteiger partial charge in [0.1, 0.15) is 0 Å². The standard InChI is InChI=1S/C18H29NO3/c1-2-3-4-5-6-8-13-17(15-20)18(14-19(21)22)16-11-9-7-10-12-16/h7,9-12,17-18,20H,2-6,8,13-15H2,1H3/t17-,18+/m0/s1. The van der Waals surface area contributed by atoms with Crippen LogP contribution in [0.4, 0.5) is 0 Å². The van der Waals surface area contributed by atoms with Crippen LogP contribution >= 0.6 is 0 Å². The van der Waals surface area contributed by atoms with Crippen molar-refractivity contribution in [3.05, 3.63) is 46.0 Å². The number of aliphatic hydroxyl groups excluding tert-OH is 1. The molecular formula is C18H29NO3. The van der Waals surface area contributed by atoms with Crippen molar-refractivity contribution in [2.75, 3.05) is 13.2 Å². The molecule has 0 aliphatic carbocycles. The van der Waals surface area contributed by atoms with Crippen LogP contribution in [0.15, 0.2) is 30.3 Å². The Balaban J connectivity index is 2.56. The maximum Gasteiger partial charge on any atom is 0.211 e. The minimum absolute atomic E-state index is 0.0162. The van der Waals surface area contributed by atoms with Crippen molar-refractivity contribution in [2.24, 2.45) is 5.92 Å². The molecule has 1 aromatic rings.